The molecule has 0 amide bonds. The fourth-order valence-electron chi connectivity index (χ4n) is 3.88. The molecule has 9 heteroatoms. The Morgan fingerprint density at radius 1 is 1.10 bits per heavy atom. The summed E-state index contributed by atoms with van der Waals surface area (Å²) in [5.41, 5.74) is 1.81. The zero-order valence-corrected chi connectivity index (χ0v) is 18.7. The van der Waals surface area contributed by atoms with E-state index in [0.29, 0.717) is 29.9 Å². The number of ketones is 2. The summed E-state index contributed by atoms with van der Waals surface area (Å²) in [4.78, 5) is 39.6. The van der Waals surface area contributed by atoms with E-state index in [1.807, 2.05) is 0 Å². The smallest absolute Gasteiger partial charge is 0.338 e. The highest BCUT2D eigenvalue weighted by Crippen LogP contribution is 2.22. The lowest BCUT2D eigenvalue weighted by Crippen LogP contribution is -2.35. The van der Waals surface area contributed by atoms with Crippen LogP contribution in [0.1, 0.15) is 68.6 Å². The molecule has 1 aromatic heterocycles. The number of benzene rings is 1. The lowest BCUT2D eigenvalue weighted by Gasteiger charge is -2.25. The Bertz CT molecular complexity index is 1130. The number of piperidine rings is 1. The second-order valence-corrected chi connectivity index (χ2v) is 9.61. The van der Waals surface area contributed by atoms with Crippen LogP contribution in [-0.4, -0.2) is 54.9 Å². The number of sulfonamides is 1. The van der Waals surface area contributed by atoms with Gasteiger partial charge in [-0.1, -0.05) is 12.5 Å². The van der Waals surface area contributed by atoms with Gasteiger partial charge in [-0.25, -0.2) is 13.2 Å². The molecule has 0 radical (unpaired) electrons. The van der Waals surface area contributed by atoms with Crippen LogP contribution in [-0.2, 0) is 14.8 Å². The van der Waals surface area contributed by atoms with E-state index in [4.69, 9.17) is 4.74 Å². The number of hydrogen-bond donors (Lipinski definition) is 1. The molecule has 3 rings (SSSR count). The Morgan fingerprint density at radius 2 is 1.77 bits per heavy atom. The molecule has 0 saturated carbocycles. The van der Waals surface area contributed by atoms with Gasteiger partial charge in [-0.05, 0) is 57.4 Å². The van der Waals surface area contributed by atoms with E-state index in [1.165, 1.54) is 35.5 Å². The maximum absolute atomic E-state index is 12.8. The number of hydrogen-bond acceptors (Lipinski definition) is 6. The van der Waals surface area contributed by atoms with Gasteiger partial charge in [0, 0.05) is 24.3 Å². The van der Waals surface area contributed by atoms with Gasteiger partial charge in [0.2, 0.25) is 15.8 Å². The summed E-state index contributed by atoms with van der Waals surface area (Å²) in [6.07, 6.45) is 2.62. The number of Topliss-reactive ketones (excluding diaryl/α,β-unsaturated/α-hetero) is 2. The summed E-state index contributed by atoms with van der Waals surface area (Å²) in [7, 11) is -3.69. The number of H-pyrrole nitrogens is 1. The average Bonchev–Trinajstić information content (AvgIpc) is 3.06. The Balaban J connectivity index is 1.72. The third kappa shape index (κ3) is 4.77. The van der Waals surface area contributed by atoms with E-state index < -0.39 is 28.4 Å². The third-order valence-electron chi connectivity index (χ3n) is 5.43. The van der Waals surface area contributed by atoms with E-state index in [-0.39, 0.29) is 21.9 Å². The standard InChI is InChI=1S/C22H26N2O6S/c1-14-20(16(3)25)15(2)23-21(14)19(26)13-30-22(27)17-8-7-9-18(12-17)31(28,29)24-10-5-4-6-11-24/h7-9,12,23H,4-6,10-11,13H2,1-3H3. The van der Waals surface area contributed by atoms with Crippen molar-refractivity contribution in [3.05, 3.63) is 52.3 Å². The van der Waals surface area contributed by atoms with Gasteiger partial charge in [0.05, 0.1) is 16.2 Å². The van der Waals surface area contributed by atoms with Gasteiger partial charge in [-0.15, -0.1) is 0 Å². The molecule has 2 aromatic rings. The van der Waals surface area contributed by atoms with Crippen LogP contribution in [0.15, 0.2) is 29.2 Å². The van der Waals surface area contributed by atoms with Crippen molar-refractivity contribution in [1.82, 2.24) is 9.29 Å². The monoisotopic (exact) mass is 446 g/mol. The minimum absolute atomic E-state index is 0.0251. The minimum Gasteiger partial charge on any atom is -0.454 e. The van der Waals surface area contributed by atoms with Crippen molar-refractivity contribution >= 4 is 27.6 Å². The van der Waals surface area contributed by atoms with Gasteiger partial charge in [0.15, 0.2) is 12.4 Å². The van der Waals surface area contributed by atoms with Crippen molar-refractivity contribution in [2.24, 2.45) is 0 Å². The van der Waals surface area contributed by atoms with Crippen LogP contribution in [0.4, 0.5) is 0 Å². The number of aromatic amines is 1. The lowest BCUT2D eigenvalue weighted by atomic mass is 10.1. The Kier molecular flexibility index (Phi) is 6.76. The number of rotatable bonds is 7. The van der Waals surface area contributed by atoms with Gasteiger partial charge in [0.25, 0.3) is 0 Å². The van der Waals surface area contributed by atoms with Gasteiger partial charge < -0.3 is 9.72 Å². The molecule has 8 nitrogen and oxygen atoms in total. The van der Waals surface area contributed by atoms with Crippen molar-refractivity contribution in [3.8, 4) is 0 Å². The highest BCUT2D eigenvalue weighted by atomic mass is 32.2. The predicted molar refractivity (Wildman–Crippen MR) is 114 cm³/mol. The van der Waals surface area contributed by atoms with Crippen molar-refractivity contribution in [2.75, 3.05) is 19.7 Å². The van der Waals surface area contributed by atoms with E-state index in [2.05, 4.69) is 4.98 Å². The van der Waals surface area contributed by atoms with Crippen LogP contribution in [0.3, 0.4) is 0 Å². The van der Waals surface area contributed by atoms with Crippen molar-refractivity contribution < 1.29 is 27.5 Å². The summed E-state index contributed by atoms with van der Waals surface area (Å²) in [5.74, 6) is -1.43. The highest BCUT2D eigenvalue weighted by Gasteiger charge is 2.27. The van der Waals surface area contributed by atoms with Gasteiger partial charge >= 0.3 is 5.97 Å². The average molecular weight is 447 g/mol. The number of aromatic nitrogens is 1. The molecule has 1 N–H and O–H groups in total. The molecule has 0 bridgehead atoms. The lowest BCUT2D eigenvalue weighted by molar-refractivity contribution is 0.0473. The molecular weight excluding hydrogens is 420 g/mol. The summed E-state index contributed by atoms with van der Waals surface area (Å²) >= 11 is 0. The topological polar surface area (TPSA) is 114 Å². The van der Waals surface area contributed by atoms with E-state index >= 15 is 0 Å². The maximum atomic E-state index is 12.8. The zero-order chi connectivity index (χ0) is 22.8. The molecule has 1 aromatic carbocycles. The normalized spacial score (nSPS) is 14.9. The van der Waals surface area contributed by atoms with Crippen LogP contribution in [0.5, 0.6) is 0 Å². The minimum atomic E-state index is -3.69. The second-order valence-electron chi connectivity index (χ2n) is 7.67. The zero-order valence-electron chi connectivity index (χ0n) is 17.9. The highest BCUT2D eigenvalue weighted by molar-refractivity contribution is 7.89. The van der Waals surface area contributed by atoms with E-state index in [0.717, 1.165) is 19.3 Å². The second kappa shape index (κ2) is 9.15. The van der Waals surface area contributed by atoms with Gasteiger partial charge in [-0.2, -0.15) is 4.31 Å². The SMILES string of the molecule is CC(=O)c1c(C)[nH]c(C(=O)COC(=O)c2cccc(S(=O)(=O)N3CCCCC3)c2)c1C. The molecule has 1 aliphatic rings. The number of carbonyl (C=O) groups is 3. The first-order chi connectivity index (χ1) is 14.6. The molecule has 0 aliphatic carbocycles. The largest absolute Gasteiger partial charge is 0.454 e. The first kappa shape index (κ1) is 22.9. The van der Waals surface area contributed by atoms with Crippen LogP contribution >= 0.6 is 0 Å². The van der Waals surface area contributed by atoms with Crippen LogP contribution in [0.2, 0.25) is 0 Å². The first-order valence-electron chi connectivity index (χ1n) is 10.1. The number of carbonyl (C=O) groups excluding carboxylic acids is 3. The summed E-state index contributed by atoms with van der Waals surface area (Å²) in [6.45, 7) is 5.17. The molecule has 0 unspecified atom stereocenters. The number of nitrogens with one attached hydrogen (secondary N) is 1. The number of esters is 1. The van der Waals surface area contributed by atoms with Crippen LogP contribution in [0.25, 0.3) is 0 Å². The molecular formula is C22H26N2O6S. The molecule has 2 heterocycles. The Labute approximate surface area is 181 Å². The molecule has 31 heavy (non-hydrogen) atoms. The van der Waals surface area contributed by atoms with E-state index in [9.17, 15) is 22.8 Å². The van der Waals surface area contributed by atoms with Crippen molar-refractivity contribution in [3.63, 3.8) is 0 Å². The predicted octanol–water partition coefficient (Wildman–Crippen LogP) is 3.05. The molecule has 166 valence electrons. The number of ether oxygens (including phenoxy) is 1. The van der Waals surface area contributed by atoms with Crippen LogP contribution < -0.4 is 0 Å². The fraction of sp³-hybridized carbons (Fsp3) is 0.409. The van der Waals surface area contributed by atoms with Gasteiger partial charge in [0.1, 0.15) is 0 Å². The summed E-state index contributed by atoms with van der Waals surface area (Å²) in [6, 6.07) is 5.64. The molecule has 0 spiro atoms. The van der Waals surface area contributed by atoms with Gasteiger partial charge in [-0.3, -0.25) is 9.59 Å². The molecule has 1 fully saturated rings. The molecule has 0 atom stereocenters. The Hall–Kier alpha value is -2.78. The quantitative estimate of drug-likeness (QED) is 0.517. The fourth-order valence-corrected chi connectivity index (χ4v) is 5.44. The Morgan fingerprint density at radius 3 is 2.39 bits per heavy atom. The maximum Gasteiger partial charge on any atom is 0.338 e. The summed E-state index contributed by atoms with van der Waals surface area (Å²) < 4.78 is 32.2. The number of aryl methyl sites for hydroxylation is 1. The third-order valence-corrected chi connectivity index (χ3v) is 7.32. The van der Waals surface area contributed by atoms with Crippen molar-refractivity contribution in [2.45, 2.75) is 44.9 Å². The van der Waals surface area contributed by atoms with E-state index in [1.54, 1.807) is 13.8 Å². The first-order valence-corrected chi connectivity index (χ1v) is 11.6. The van der Waals surface area contributed by atoms with Crippen molar-refractivity contribution in [1.29, 1.82) is 0 Å². The molecule has 1 aliphatic heterocycles. The van der Waals surface area contributed by atoms with Crippen LogP contribution in [0, 0.1) is 13.8 Å². The summed E-state index contributed by atoms with van der Waals surface area (Å²) in [5, 5.41) is 0. The molecule has 1 saturated heterocycles. The number of nitrogens with zero attached hydrogens (tertiary/aromatic N) is 1.